The summed E-state index contributed by atoms with van der Waals surface area (Å²) in [7, 11) is -3.80. The lowest BCUT2D eigenvalue weighted by atomic mass is 10.2. The maximum atomic E-state index is 13.3. The van der Waals surface area contributed by atoms with Crippen LogP contribution in [0.3, 0.4) is 0 Å². The third-order valence-corrected chi connectivity index (χ3v) is 4.88. The zero-order chi connectivity index (χ0) is 15.6. The summed E-state index contributed by atoms with van der Waals surface area (Å²) in [6.07, 6.45) is 0. The average Bonchev–Trinajstić information content (AvgIpc) is 2.40. The van der Waals surface area contributed by atoms with Gasteiger partial charge in [-0.25, -0.2) is 8.78 Å². The molecule has 0 radical (unpaired) electrons. The van der Waals surface area contributed by atoms with Crippen molar-refractivity contribution in [3.8, 4) is 0 Å². The monoisotopic (exact) mass is 317 g/mol. The van der Waals surface area contributed by atoms with Crippen LogP contribution < -0.4 is 10.9 Å². The van der Waals surface area contributed by atoms with Crippen LogP contribution >= 0.6 is 7.60 Å². The molecule has 0 aliphatic heterocycles. The predicted molar refractivity (Wildman–Crippen MR) is 75.0 cm³/mol. The van der Waals surface area contributed by atoms with Crippen LogP contribution in [0, 0.1) is 11.6 Å². The molecule has 5 nitrogen and oxygen atoms in total. The molecule has 21 heavy (non-hydrogen) atoms. The largest absolute Gasteiger partial charge is 0.366 e. The Balaban J connectivity index is 2.69. The van der Waals surface area contributed by atoms with Crippen LogP contribution in [0.5, 0.6) is 0 Å². The van der Waals surface area contributed by atoms with Gasteiger partial charge in [-0.2, -0.15) is 0 Å². The highest BCUT2D eigenvalue weighted by Gasteiger charge is 2.30. The second kappa shape index (κ2) is 6.05. The van der Waals surface area contributed by atoms with Crippen molar-refractivity contribution in [2.24, 2.45) is 0 Å². The zero-order valence-electron chi connectivity index (χ0n) is 11.5. The number of hydrogen-bond donors (Lipinski definition) is 1. The van der Waals surface area contributed by atoms with Crippen molar-refractivity contribution >= 4 is 23.8 Å². The summed E-state index contributed by atoms with van der Waals surface area (Å²) < 4.78 is 49.2. The molecule has 2 aromatic rings. The Morgan fingerprint density at radius 3 is 2.24 bits per heavy atom. The van der Waals surface area contributed by atoms with Crippen LogP contribution in [-0.2, 0) is 13.6 Å². The maximum Gasteiger partial charge on any atom is 0.366 e. The van der Waals surface area contributed by atoms with Crippen molar-refractivity contribution in [1.82, 2.24) is 4.98 Å². The molecule has 0 spiro atoms. The summed E-state index contributed by atoms with van der Waals surface area (Å²) in [5, 5.41) is -0.0344. The normalized spacial score (nSPS) is 12.0. The van der Waals surface area contributed by atoms with Gasteiger partial charge in [0.2, 0.25) is 0 Å². The predicted octanol–water partition coefficient (Wildman–Crippen LogP) is 2.70. The van der Waals surface area contributed by atoms with Crippen LogP contribution in [-0.4, -0.2) is 18.2 Å². The first-order valence-electron chi connectivity index (χ1n) is 6.33. The highest BCUT2D eigenvalue weighted by Crippen LogP contribution is 2.45. The van der Waals surface area contributed by atoms with E-state index in [0.717, 1.165) is 12.1 Å². The molecule has 8 heteroatoms. The molecule has 0 atom stereocenters. The van der Waals surface area contributed by atoms with E-state index in [1.165, 1.54) is 6.07 Å². The molecule has 0 aliphatic carbocycles. The molecular formula is C13H14F2NO4P. The topological polar surface area (TPSA) is 68.4 Å². The second-order valence-electron chi connectivity index (χ2n) is 4.17. The minimum Gasteiger partial charge on any atom is -0.321 e. The minimum absolute atomic E-state index is 0.0759. The first-order chi connectivity index (χ1) is 9.91. The minimum atomic E-state index is -3.80. The van der Waals surface area contributed by atoms with Gasteiger partial charge in [-0.05, 0) is 26.0 Å². The molecule has 0 aliphatic rings. The van der Waals surface area contributed by atoms with Gasteiger partial charge in [-0.3, -0.25) is 9.36 Å². The number of halogens is 2. The van der Waals surface area contributed by atoms with E-state index in [-0.39, 0.29) is 29.4 Å². The van der Waals surface area contributed by atoms with Gasteiger partial charge in [0.15, 0.2) is 11.6 Å². The van der Waals surface area contributed by atoms with E-state index in [1.54, 1.807) is 13.8 Å². The molecule has 0 amide bonds. The number of pyridine rings is 1. The summed E-state index contributed by atoms with van der Waals surface area (Å²) in [4.78, 5) is 14.4. The highest BCUT2D eigenvalue weighted by atomic mass is 31.2. The fraction of sp³-hybridized carbons (Fsp3) is 0.308. The van der Waals surface area contributed by atoms with Gasteiger partial charge in [0.05, 0.1) is 18.7 Å². The highest BCUT2D eigenvalue weighted by molar-refractivity contribution is 7.62. The van der Waals surface area contributed by atoms with Crippen LogP contribution in [0.15, 0.2) is 23.0 Å². The molecule has 0 saturated carbocycles. The Morgan fingerprint density at radius 2 is 1.67 bits per heavy atom. The van der Waals surface area contributed by atoms with Gasteiger partial charge in [0.1, 0.15) is 5.30 Å². The van der Waals surface area contributed by atoms with E-state index in [9.17, 15) is 18.1 Å². The lowest BCUT2D eigenvalue weighted by Gasteiger charge is -2.16. The Hall–Kier alpha value is -1.56. The van der Waals surface area contributed by atoms with Crippen LogP contribution in [0.4, 0.5) is 8.78 Å². The summed E-state index contributed by atoms with van der Waals surface area (Å²) in [5.74, 6) is -2.15. The van der Waals surface area contributed by atoms with Gasteiger partial charge in [0.25, 0.3) is 5.56 Å². The van der Waals surface area contributed by atoms with Crippen molar-refractivity contribution in [2.75, 3.05) is 13.2 Å². The fourth-order valence-electron chi connectivity index (χ4n) is 1.91. The van der Waals surface area contributed by atoms with E-state index in [1.807, 2.05) is 0 Å². The molecule has 1 aromatic carbocycles. The molecular weight excluding hydrogens is 303 g/mol. The molecule has 0 saturated heterocycles. The number of aromatic amines is 1. The summed E-state index contributed by atoms with van der Waals surface area (Å²) in [6.45, 7) is 3.37. The summed E-state index contributed by atoms with van der Waals surface area (Å²) in [5.41, 5.74) is -0.624. The lowest BCUT2D eigenvalue weighted by molar-refractivity contribution is 0.229. The van der Waals surface area contributed by atoms with Gasteiger partial charge in [-0.15, -0.1) is 0 Å². The number of fused-ring (bicyclic) bond motifs is 1. The van der Waals surface area contributed by atoms with E-state index < -0.39 is 24.8 Å². The smallest absolute Gasteiger partial charge is 0.321 e. The lowest BCUT2D eigenvalue weighted by Crippen LogP contribution is -2.29. The van der Waals surface area contributed by atoms with Gasteiger partial charge in [-0.1, -0.05) is 0 Å². The molecule has 0 bridgehead atoms. The number of hydrogen-bond acceptors (Lipinski definition) is 4. The van der Waals surface area contributed by atoms with Crippen LogP contribution in [0.25, 0.3) is 10.9 Å². The zero-order valence-corrected chi connectivity index (χ0v) is 12.4. The maximum absolute atomic E-state index is 13.3. The molecule has 0 fully saturated rings. The van der Waals surface area contributed by atoms with Crippen molar-refractivity contribution in [1.29, 1.82) is 0 Å². The molecule has 1 heterocycles. The first kappa shape index (κ1) is 15.8. The number of rotatable bonds is 5. The fourth-order valence-corrected chi connectivity index (χ4v) is 3.54. The summed E-state index contributed by atoms with van der Waals surface area (Å²) >= 11 is 0. The molecule has 1 N–H and O–H groups in total. The summed E-state index contributed by atoms with van der Waals surface area (Å²) in [6, 6.07) is 2.97. The molecule has 114 valence electrons. The third kappa shape index (κ3) is 3.05. The quantitative estimate of drug-likeness (QED) is 0.861. The standard InChI is InChI=1S/C13H14F2NO4P/c1-3-19-21(18,20-4-2)12-6-8-5-9(14)10(15)7-11(8)16-13(12)17/h5-7H,3-4H2,1-2H3,(H,16,17). The van der Waals surface area contributed by atoms with Crippen molar-refractivity contribution in [2.45, 2.75) is 13.8 Å². The third-order valence-electron chi connectivity index (χ3n) is 2.76. The van der Waals surface area contributed by atoms with E-state index in [4.69, 9.17) is 9.05 Å². The van der Waals surface area contributed by atoms with E-state index in [2.05, 4.69) is 4.98 Å². The van der Waals surface area contributed by atoms with Crippen molar-refractivity contribution < 1.29 is 22.4 Å². The number of aromatic nitrogens is 1. The van der Waals surface area contributed by atoms with Crippen LogP contribution in [0.1, 0.15) is 13.8 Å². The van der Waals surface area contributed by atoms with Gasteiger partial charge in [0, 0.05) is 11.5 Å². The Bertz CT molecular complexity index is 765. The molecule has 2 rings (SSSR count). The first-order valence-corrected chi connectivity index (χ1v) is 7.87. The molecule has 1 aromatic heterocycles. The van der Waals surface area contributed by atoms with E-state index in [0.29, 0.717) is 0 Å². The van der Waals surface area contributed by atoms with Gasteiger partial charge >= 0.3 is 7.60 Å². The van der Waals surface area contributed by atoms with Crippen molar-refractivity contribution in [3.63, 3.8) is 0 Å². The van der Waals surface area contributed by atoms with Crippen LogP contribution in [0.2, 0.25) is 0 Å². The molecule has 0 unspecified atom stereocenters. The second-order valence-corrected chi connectivity index (χ2v) is 6.16. The number of benzene rings is 1. The Morgan fingerprint density at radius 1 is 1.10 bits per heavy atom. The van der Waals surface area contributed by atoms with E-state index >= 15 is 0 Å². The number of H-pyrrole nitrogens is 1. The van der Waals surface area contributed by atoms with Gasteiger partial charge < -0.3 is 14.0 Å². The number of nitrogens with one attached hydrogen (secondary N) is 1. The Kier molecular flexibility index (Phi) is 4.56. The average molecular weight is 317 g/mol. The Labute approximate surface area is 119 Å². The SMILES string of the molecule is CCOP(=O)(OCC)c1cc2cc(F)c(F)cc2[nH]c1=O. The van der Waals surface area contributed by atoms with Crippen molar-refractivity contribution in [3.05, 3.63) is 40.2 Å².